The summed E-state index contributed by atoms with van der Waals surface area (Å²) >= 11 is 6.72. The van der Waals surface area contributed by atoms with Crippen LogP contribution in [0.1, 0.15) is 5.69 Å². The van der Waals surface area contributed by atoms with Crippen LogP contribution in [0.25, 0.3) is 5.65 Å². The number of halogens is 3. The van der Waals surface area contributed by atoms with Gasteiger partial charge in [-0.25, -0.2) is 14.4 Å². The van der Waals surface area contributed by atoms with Crippen LogP contribution in [-0.4, -0.2) is 14.4 Å². The van der Waals surface area contributed by atoms with E-state index in [9.17, 15) is 4.39 Å². The molecule has 1 N–H and O–H groups in total. The van der Waals surface area contributed by atoms with Crippen LogP contribution in [0.3, 0.4) is 0 Å². The number of aromatic nitrogens is 3. The zero-order valence-corrected chi connectivity index (χ0v) is 13.3. The topological polar surface area (TPSA) is 42.2 Å². The third-order valence-corrected chi connectivity index (χ3v) is 3.93. The molecule has 20 heavy (non-hydrogen) atoms. The van der Waals surface area contributed by atoms with Gasteiger partial charge >= 0.3 is 0 Å². The first kappa shape index (κ1) is 13.5. The molecular formula is C13H9Br2FN4. The summed E-state index contributed by atoms with van der Waals surface area (Å²) in [5.74, 6) is -0.277. The van der Waals surface area contributed by atoms with E-state index in [2.05, 4.69) is 47.1 Å². The summed E-state index contributed by atoms with van der Waals surface area (Å²) in [7, 11) is 0. The maximum Gasteiger partial charge on any atom is 0.155 e. The lowest BCUT2D eigenvalue weighted by molar-refractivity contribution is 0.628. The van der Waals surface area contributed by atoms with Gasteiger partial charge in [0.05, 0.1) is 30.3 Å². The third-order valence-electron chi connectivity index (χ3n) is 2.83. The molecule has 0 saturated heterocycles. The van der Waals surface area contributed by atoms with E-state index >= 15 is 0 Å². The first-order valence-corrected chi connectivity index (χ1v) is 7.38. The summed E-state index contributed by atoms with van der Waals surface area (Å²) in [5.41, 5.74) is 2.43. The normalized spacial score (nSPS) is 10.9. The highest BCUT2D eigenvalue weighted by Crippen LogP contribution is 2.23. The molecule has 0 aliphatic heterocycles. The molecule has 1 aromatic carbocycles. The summed E-state index contributed by atoms with van der Waals surface area (Å²) in [6.45, 7) is 0.527. The molecule has 2 heterocycles. The van der Waals surface area contributed by atoms with Gasteiger partial charge in [0.25, 0.3) is 0 Å². The molecule has 0 aliphatic carbocycles. The van der Waals surface area contributed by atoms with E-state index in [1.54, 1.807) is 18.5 Å². The second-order valence-corrected chi connectivity index (χ2v) is 5.83. The highest BCUT2D eigenvalue weighted by molar-refractivity contribution is 9.10. The lowest BCUT2D eigenvalue weighted by Crippen LogP contribution is -2.03. The first-order chi connectivity index (χ1) is 9.63. The highest BCUT2D eigenvalue weighted by atomic mass is 79.9. The Bertz CT molecular complexity index is 772. The van der Waals surface area contributed by atoms with Crippen molar-refractivity contribution < 1.29 is 4.39 Å². The molecule has 3 aromatic rings. The molecule has 2 aromatic heterocycles. The van der Waals surface area contributed by atoms with Gasteiger partial charge in [-0.05, 0) is 50.1 Å². The number of rotatable bonds is 3. The van der Waals surface area contributed by atoms with Crippen molar-refractivity contribution in [3.05, 3.63) is 57.4 Å². The molecule has 3 rings (SSSR count). The number of hydrogen-bond acceptors (Lipinski definition) is 3. The Morgan fingerprint density at radius 1 is 1.20 bits per heavy atom. The molecule has 102 valence electrons. The Balaban J connectivity index is 1.86. The number of imidazole rings is 1. The number of hydrogen-bond donors (Lipinski definition) is 1. The van der Waals surface area contributed by atoms with Crippen LogP contribution in [0.15, 0.2) is 45.9 Å². The van der Waals surface area contributed by atoms with Gasteiger partial charge in [0, 0.05) is 10.7 Å². The van der Waals surface area contributed by atoms with E-state index in [0.29, 0.717) is 12.2 Å². The number of benzene rings is 1. The van der Waals surface area contributed by atoms with Crippen LogP contribution in [-0.2, 0) is 6.54 Å². The quantitative estimate of drug-likeness (QED) is 0.723. The van der Waals surface area contributed by atoms with Crippen molar-refractivity contribution in [1.82, 2.24) is 14.4 Å². The predicted octanol–water partition coefficient (Wildman–Crippen LogP) is 4.01. The molecule has 0 radical (unpaired) electrons. The SMILES string of the molecule is Fc1ccc(Br)c(NCc2cnc3cnc(Br)cn23)c1. The van der Waals surface area contributed by atoms with E-state index in [0.717, 1.165) is 20.4 Å². The fourth-order valence-corrected chi connectivity index (χ4v) is 2.56. The van der Waals surface area contributed by atoms with Crippen molar-refractivity contribution >= 4 is 43.2 Å². The fraction of sp³-hybridized carbons (Fsp3) is 0.0769. The number of fused-ring (bicyclic) bond motifs is 1. The summed E-state index contributed by atoms with van der Waals surface area (Å²) in [6, 6.07) is 4.53. The van der Waals surface area contributed by atoms with Gasteiger partial charge in [0.1, 0.15) is 10.4 Å². The highest BCUT2D eigenvalue weighted by Gasteiger charge is 2.06. The zero-order chi connectivity index (χ0) is 14.1. The fourth-order valence-electron chi connectivity index (χ4n) is 1.87. The van der Waals surface area contributed by atoms with Crippen molar-refractivity contribution in [3.8, 4) is 0 Å². The standard InChI is InChI=1S/C13H9Br2FN4/c14-10-2-1-8(16)3-11(10)17-4-9-5-19-13-6-18-12(15)7-20(9)13/h1-3,5-7,17H,4H2. The van der Waals surface area contributed by atoms with Gasteiger partial charge in [0.15, 0.2) is 5.65 Å². The molecule has 0 spiro atoms. The number of nitrogens with zero attached hydrogens (tertiary/aromatic N) is 3. The number of nitrogens with one attached hydrogen (secondary N) is 1. The first-order valence-electron chi connectivity index (χ1n) is 5.80. The van der Waals surface area contributed by atoms with Crippen LogP contribution in [0.5, 0.6) is 0 Å². The average Bonchev–Trinajstić information content (AvgIpc) is 2.82. The minimum absolute atomic E-state index is 0.277. The molecule has 0 bridgehead atoms. The Hall–Kier alpha value is -1.47. The minimum Gasteiger partial charge on any atom is -0.378 e. The van der Waals surface area contributed by atoms with Crippen molar-refractivity contribution in [2.75, 3.05) is 5.32 Å². The summed E-state index contributed by atoms with van der Waals surface area (Å²) < 4.78 is 16.7. The van der Waals surface area contributed by atoms with Gasteiger partial charge in [-0.1, -0.05) is 0 Å². The Morgan fingerprint density at radius 3 is 2.90 bits per heavy atom. The van der Waals surface area contributed by atoms with E-state index in [-0.39, 0.29) is 5.82 Å². The average molecular weight is 400 g/mol. The second-order valence-electron chi connectivity index (χ2n) is 4.17. The van der Waals surface area contributed by atoms with Gasteiger partial charge in [-0.2, -0.15) is 0 Å². The Labute approximate surface area is 131 Å². The van der Waals surface area contributed by atoms with Gasteiger partial charge in [-0.3, -0.25) is 4.40 Å². The van der Waals surface area contributed by atoms with Crippen LogP contribution in [0.2, 0.25) is 0 Å². The van der Waals surface area contributed by atoms with Gasteiger partial charge < -0.3 is 5.32 Å². The summed E-state index contributed by atoms with van der Waals surface area (Å²) in [6.07, 6.45) is 5.30. The van der Waals surface area contributed by atoms with Crippen molar-refractivity contribution in [1.29, 1.82) is 0 Å². The Kier molecular flexibility index (Phi) is 3.71. The maximum absolute atomic E-state index is 13.2. The van der Waals surface area contributed by atoms with E-state index in [4.69, 9.17) is 0 Å². The van der Waals surface area contributed by atoms with Crippen molar-refractivity contribution in [2.45, 2.75) is 6.54 Å². The van der Waals surface area contributed by atoms with E-state index < -0.39 is 0 Å². The van der Waals surface area contributed by atoms with Crippen molar-refractivity contribution in [3.63, 3.8) is 0 Å². The largest absolute Gasteiger partial charge is 0.378 e. The monoisotopic (exact) mass is 398 g/mol. The van der Waals surface area contributed by atoms with E-state index in [1.165, 1.54) is 12.1 Å². The van der Waals surface area contributed by atoms with E-state index in [1.807, 2.05) is 10.6 Å². The molecular weight excluding hydrogens is 391 g/mol. The second kappa shape index (κ2) is 5.49. The summed E-state index contributed by atoms with van der Waals surface area (Å²) in [5, 5.41) is 3.18. The molecule has 4 nitrogen and oxygen atoms in total. The number of anilines is 1. The predicted molar refractivity (Wildman–Crippen MR) is 82.1 cm³/mol. The van der Waals surface area contributed by atoms with Gasteiger partial charge in [0.2, 0.25) is 0 Å². The lowest BCUT2D eigenvalue weighted by Gasteiger charge is -2.08. The molecule has 0 fully saturated rings. The molecule has 0 saturated carbocycles. The van der Waals surface area contributed by atoms with Crippen LogP contribution in [0.4, 0.5) is 10.1 Å². The maximum atomic E-state index is 13.2. The molecule has 0 unspecified atom stereocenters. The molecule has 0 aliphatic rings. The Morgan fingerprint density at radius 2 is 2.05 bits per heavy atom. The molecule has 7 heteroatoms. The van der Waals surface area contributed by atoms with Crippen LogP contribution in [0, 0.1) is 5.82 Å². The van der Waals surface area contributed by atoms with Crippen LogP contribution >= 0.6 is 31.9 Å². The minimum atomic E-state index is -0.277. The molecule has 0 amide bonds. The third kappa shape index (κ3) is 2.69. The van der Waals surface area contributed by atoms with Crippen molar-refractivity contribution in [2.24, 2.45) is 0 Å². The zero-order valence-electron chi connectivity index (χ0n) is 10.1. The van der Waals surface area contributed by atoms with Gasteiger partial charge in [-0.15, -0.1) is 0 Å². The van der Waals surface area contributed by atoms with Crippen LogP contribution < -0.4 is 5.32 Å². The lowest BCUT2D eigenvalue weighted by atomic mass is 10.3. The molecule has 0 atom stereocenters. The smallest absolute Gasteiger partial charge is 0.155 e. The summed E-state index contributed by atoms with van der Waals surface area (Å²) in [4.78, 5) is 8.39.